The predicted molar refractivity (Wildman–Crippen MR) is 103 cm³/mol. The number of amidine groups is 1. The van der Waals surface area contributed by atoms with E-state index in [-0.39, 0.29) is 21.8 Å². The highest BCUT2D eigenvalue weighted by molar-refractivity contribution is 8.15. The van der Waals surface area contributed by atoms with Gasteiger partial charge in [0, 0.05) is 6.54 Å². The molecule has 1 aromatic carbocycles. The van der Waals surface area contributed by atoms with Gasteiger partial charge in [0.2, 0.25) is 5.91 Å². The summed E-state index contributed by atoms with van der Waals surface area (Å²) in [5.74, 6) is -0.214. The van der Waals surface area contributed by atoms with E-state index in [2.05, 4.69) is 11.0 Å². The summed E-state index contributed by atoms with van der Waals surface area (Å²) in [5, 5.41) is -0.384. The molecule has 25 heavy (non-hydrogen) atoms. The summed E-state index contributed by atoms with van der Waals surface area (Å²) in [6, 6.07) is 12.1. The Labute approximate surface area is 159 Å². The van der Waals surface area contributed by atoms with Gasteiger partial charge in [-0.3, -0.25) is 9.69 Å². The molecular formula is C16H13ClN2O3S3. The lowest BCUT2D eigenvalue weighted by molar-refractivity contribution is -0.125. The number of thioether (sulfide) groups is 1. The molecule has 0 aliphatic carbocycles. The Morgan fingerprint density at radius 2 is 1.96 bits per heavy atom. The Balaban J connectivity index is 1.99. The van der Waals surface area contributed by atoms with Gasteiger partial charge in [0.25, 0.3) is 10.0 Å². The van der Waals surface area contributed by atoms with E-state index in [9.17, 15) is 13.2 Å². The van der Waals surface area contributed by atoms with Gasteiger partial charge in [-0.1, -0.05) is 59.8 Å². The van der Waals surface area contributed by atoms with E-state index in [0.29, 0.717) is 4.34 Å². The maximum absolute atomic E-state index is 12.7. The minimum Gasteiger partial charge on any atom is -0.285 e. The molecule has 130 valence electrons. The van der Waals surface area contributed by atoms with Crippen LogP contribution in [0.25, 0.3) is 0 Å². The molecule has 1 aliphatic heterocycles. The largest absolute Gasteiger partial charge is 0.294 e. The molecule has 0 bridgehead atoms. The summed E-state index contributed by atoms with van der Waals surface area (Å²) >= 11 is 7.86. The molecule has 1 fully saturated rings. The third-order valence-corrected chi connectivity index (χ3v) is 7.67. The highest BCUT2D eigenvalue weighted by atomic mass is 35.5. The van der Waals surface area contributed by atoms with Crippen LogP contribution in [0.15, 0.2) is 63.7 Å². The van der Waals surface area contributed by atoms with E-state index in [1.807, 2.05) is 30.3 Å². The highest BCUT2D eigenvalue weighted by Gasteiger charge is 2.39. The second kappa shape index (κ2) is 7.33. The SMILES string of the molecule is C=CCN1C(=O)C(c2ccccc2)S/C1=N/S(=O)(=O)c1ccc(Cl)s1. The second-order valence-electron chi connectivity index (χ2n) is 5.05. The molecule has 1 aromatic heterocycles. The number of rotatable bonds is 5. The fourth-order valence-electron chi connectivity index (χ4n) is 2.25. The van der Waals surface area contributed by atoms with Crippen molar-refractivity contribution in [1.82, 2.24) is 4.90 Å². The second-order valence-corrected chi connectivity index (χ2v) is 9.67. The van der Waals surface area contributed by atoms with Gasteiger partial charge >= 0.3 is 0 Å². The third kappa shape index (κ3) is 3.82. The predicted octanol–water partition coefficient (Wildman–Crippen LogP) is 3.95. The lowest BCUT2D eigenvalue weighted by Crippen LogP contribution is -2.30. The van der Waals surface area contributed by atoms with Crippen molar-refractivity contribution < 1.29 is 13.2 Å². The summed E-state index contributed by atoms with van der Waals surface area (Å²) < 4.78 is 29.3. The van der Waals surface area contributed by atoms with Crippen LogP contribution in [0.2, 0.25) is 4.34 Å². The van der Waals surface area contributed by atoms with Crippen molar-refractivity contribution in [1.29, 1.82) is 0 Å². The van der Waals surface area contributed by atoms with Crippen molar-refractivity contribution in [3.8, 4) is 0 Å². The molecule has 0 saturated carbocycles. The number of nitrogens with zero attached hydrogens (tertiary/aromatic N) is 2. The minimum atomic E-state index is -3.93. The van der Waals surface area contributed by atoms with Gasteiger partial charge in [-0.25, -0.2) is 0 Å². The van der Waals surface area contributed by atoms with Crippen molar-refractivity contribution in [2.24, 2.45) is 4.40 Å². The number of amides is 1. The molecule has 1 saturated heterocycles. The third-order valence-electron chi connectivity index (χ3n) is 3.36. The average Bonchev–Trinajstić information content (AvgIpc) is 3.15. The topological polar surface area (TPSA) is 66.8 Å². The van der Waals surface area contributed by atoms with Crippen LogP contribution in [-0.4, -0.2) is 30.9 Å². The maximum atomic E-state index is 12.7. The highest BCUT2D eigenvalue weighted by Crippen LogP contribution is 2.40. The molecule has 0 radical (unpaired) electrons. The molecule has 0 spiro atoms. The number of carbonyl (C=O) groups excluding carboxylic acids is 1. The standard InChI is InChI=1S/C16H13ClN2O3S3/c1-2-10-19-15(20)14(11-6-4-3-5-7-11)24-16(19)18-25(21,22)13-9-8-12(17)23-13/h2-9,14H,1,10H2/b18-16+. The van der Waals surface area contributed by atoms with Gasteiger partial charge in [-0.2, -0.15) is 8.42 Å². The van der Waals surface area contributed by atoms with Gasteiger partial charge in [0.1, 0.15) is 9.46 Å². The molecule has 2 aromatic rings. The summed E-state index contributed by atoms with van der Waals surface area (Å²) in [7, 11) is -3.93. The average molecular weight is 413 g/mol. The van der Waals surface area contributed by atoms with Crippen LogP contribution in [-0.2, 0) is 14.8 Å². The van der Waals surface area contributed by atoms with Gasteiger partial charge in [-0.05, 0) is 17.7 Å². The first-order chi connectivity index (χ1) is 11.9. The first-order valence-electron chi connectivity index (χ1n) is 7.16. The van der Waals surface area contributed by atoms with Crippen LogP contribution in [0.1, 0.15) is 10.8 Å². The van der Waals surface area contributed by atoms with E-state index in [1.54, 1.807) is 0 Å². The van der Waals surface area contributed by atoms with E-state index in [1.165, 1.54) is 23.1 Å². The minimum absolute atomic E-state index is 0.0414. The van der Waals surface area contributed by atoms with Crippen LogP contribution in [0.5, 0.6) is 0 Å². The number of halogens is 1. The number of benzene rings is 1. The molecule has 5 nitrogen and oxygen atoms in total. The van der Waals surface area contributed by atoms with Crippen molar-refractivity contribution in [3.05, 3.63) is 65.0 Å². The molecule has 1 unspecified atom stereocenters. The zero-order valence-corrected chi connectivity index (χ0v) is 16.0. The van der Waals surface area contributed by atoms with Crippen LogP contribution in [0.4, 0.5) is 0 Å². The summed E-state index contributed by atoms with van der Waals surface area (Å²) in [5.41, 5.74) is 0.799. The number of sulfonamides is 1. The normalized spacial score (nSPS) is 19.6. The van der Waals surface area contributed by atoms with Gasteiger partial charge < -0.3 is 0 Å². The van der Waals surface area contributed by atoms with E-state index in [4.69, 9.17) is 11.6 Å². The fraction of sp³-hybridized carbons (Fsp3) is 0.125. The van der Waals surface area contributed by atoms with Crippen molar-refractivity contribution in [2.75, 3.05) is 6.54 Å². The summed E-state index contributed by atoms with van der Waals surface area (Å²) in [6.45, 7) is 3.82. The van der Waals surface area contributed by atoms with Crippen molar-refractivity contribution in [2.45, 2.75) is 9.46 Å². The van der Waals surface area contributed by atoms with E-state index < -0.39 is 15.3 Å². The van der Waals surface area contributed by atoms with Gasteiger partial charge in [0.05, 0.1) is 4.34 Å². The summed E-state index contributed by atoms with van der Waals surface area (Å²) in [6.07, 6.45) is 1.54. The van der Waals surface area contributed by atoms with Crippen LogP contribution in [0.3, 0.4) is 0 Å². The zero-order valence-electron chi connectivity index (χ0n) is 12.8. The monoisotopic (exact) mass is 412 g/mol. The molecular weight excluding hydrogens is 400 g/mol. The van der Waals surface area contributed by atoms with Crippen LogP contribution in [0, 0.1) is 0 Å². The number of hydrogen-bond acceptors (Lipinski definition) is 5. The first kappa shape index (κ1) is 18.2. The van der Waals surface area contributed by atoms with E-state index in [0.717, 1.165) is 28.7 Å². The Morgan fingerprint density at radius 1 is 1.24 bits per heavy atom. The number of carbonyl (C=O) groups is 1. The quantitative estimate of drug-likeness (QED) is 0.697. The Bertz CT molecular complexity index is 939. The maximum Gasteiger partial charge on any atom is 0.294 e. The molecule has 0 N–H and O–H groups in total. The Morgan fingerprint density at radius 3 is 2.56 bits per heavy atom. The van der Waals surface area contributed by atoms with Gasteiger partial charge in [0.15, 0.2) is 5.17 Å². The Kier molecular flexibility index (Phi) is 5.33. The smallest absolute Gasteiger partial charge is 0.285 e. The zero-order chi connectivity index (χ0) is 18.0. The Hall–Kier alpha value is -1.61. The lowest BCUT2D eigenvalue weighted by Gasteiger charge is -2.13. The van der Waals surface area contributed by atoms with Crippen molar-refractivity contribution in [3.63, 3.8) is 0 Å². The fourth-order valence-corrected chi connectivity index (χ4v) is 6.09. The number of hydrogen-bond donors (Lipinski definition) is 0. The van der Waals surface area contributed by atoms with Gasteiger partial charge in [-0.15, -0.1) is 22.3 Å². The molecule has 3 rings (SSSR count). The van der Waals surface area contributed by atoms with E-state index >= 15 is 0 Å². The molecule has 1 aliphatic rings. The van der Waals surface area contributed by atoms with Crippen molar-refractivity contribution >= 4 is 55.8 Å². The van der Waals surface area contributed by atoms with Crippen LogP contribution >= 0.6 is 34.7 Å². The molecule has 1 amide bonds. The molecule has 1 atom stereocenters. The molecule has 9 heteroatoms. The lowest BCUT2D eigenvalue weighted by atomic mass is 10.1. The summed E-state index contributed by atoms with van der Waals surface area (Å²) in [4.78, 5) is 14.0. The number of thiophene rings is 1. The molecule has 2 heterocycles. The first-order valence-corrected chi connectivity index (χ1v) is 10.7. The van der Waals surface area contributed by atoms with Crippen LogP contribution < -0.4 is 0 Å².